The number of hydrogen-bond donors (Lipinski definition) is 1. The van der Waals surface area contributed by atoms with Gasteiger partial charge in [-0.25, -0.2) is 9.38 Å². The second-order valence-electron chi connectivity index (χ2n) is 5.93. The fourth-order valence-corrected chi connectivity index (χ4v) is 2.82. The number of aliphatic imine (C=N–C) groups is 1. The highest BCUT2D eigenvalue weighted by Gasteiger charge is 2.18. The third-order valence-electron chi connectivity index (χ3n) is 4.18. The Morgan fingerprint density at radius 2 is 1.88 bits per heavy atom. The summed E-state index contributed by atoms with van der Waals surface area (Å²) in [6, 6.07) is 10.6. The zero-order chi connectivity index (χ0) is 16.9. The standard InChI is InChI=1S/C18H22FN5/c1-14-12-15(6-7-21-14)13-22-18(20)24-10-8-23(9-11-24)17-4-2-16(19)3-5-17/h2-7,12H,8-11,13H2,1H3,(H2,20,22). The van der Waals surface area contributed by atoms with Crippen molar-refractivity contribution in [1.29, 1.82) is 0 Å². The van der Waals surface area contributed by atoms with Crippen LogP contribution in [0.25, 0.3) is 0 Å². The van der Waals surface area contributed by atoms with Crippen molar-refractivity contribution < 1.29 is 4.39 Å². The van der Waals surface area contributed by atoms with Crippen LogP contribution >= 0.6 is 0 Å². The summed E-state index contributed by atoms with van der Waals surface area (Å²) in [7, 11) is 0. The molecule has 0 atom stereocenters. The van der Waals surface area contributed by atoms with Gasteiger partial charge in [-0.3, -0.25) is 4.98 Å². The highest BCUT2D eigenvalue weighted by Crippen LogP contribution is 2.16. The molecule has 6 heteroatoms. The number of benzene rings is 1. The molecule has 2 aromatic rings. The van der Waals surface area contributed by atoms with Crippen molar-refractivity contribution in [2.45, 2.75) is 13.5 Å². The number of anilines is 1. The zero-order valence-electron chi connectivity index (χ0n) is 13.8. The van der Waals surface area contributed by atoms with Crippen LogP contribution in [0, 0.1) is 12.7 Å². The quantitative estimate of drug-likeness (QED) is 0.693. The van der Waals surface area contributed by atoms with Gasteiger partial charge < -0.3 is 15.5 Å². The smallest absolute Gasteiger partial charge is 0.191 e. The Hall–Kier alpha value is -2.63. The lowest BCUT2D eigenvalue weighted by Gasteiger charge is -2.36. The van der Waals surface area contributed by atoms with E-state index >= 15 is 0 Å². The third kappa shape index (κ3) is 4.01. The Kier molecular flexibility index (Phi) is 4.93. The molecule has 126 valence electrons. The molecule has 0 saturated carbocycles. The van der Waals surface area contributed by atoms with Crippen molar-refractivity contribution in [3.8, 4) is 0 Å². The Morgan fingerprint density at radius 3 is 2.54 bits per heavy atom. The largest absolute Gasteiger partial charge is 0.370 e. The molecule has 2 heterocycles. The molecule has 0 spiro atoms. The van der Waals surface area contributed by atoms with Crippen LogP contribution in [0.2, 0.25) is 0 Å². The van der Waals surface area contributed by atoms with Crippen molar-refractivity contribution >= 4 is 11.6 Å². The van der Waals surface area contributed by atoms with E-state index in [1.807, 2.05) is 31.2 Å². The van der Waals surface area contributed by atoms with E-state index in [-0.39, 0.29) is 5.82 Å². The van der Waals surface area contributed by atoms with Crippen LogP contribution in [0.5, 0.6) is 0 Å². The summed E-state index contributed by atoms with van der Waals surface area (Å²) in [5, 5.41) is 0. The van der Waals surface area contributed by atoms with E-state index in [2.05, 4.69) is 19.8 Å². The molecule has 1 aromatic carbocycles. The fourth-order valence-electron chi connectivity index (χ4n) is 2.82. The summed E-state index contributed by atoms with van der Waals surface area (Å²) in [4.78, 5) is 13.0. The predicted octanol–water partition coefficient (Wildman–Crippen LogP) is 2.17. The summed E-state index contributed by atoms with van der Waals surface area (Å²) in [5.41, 5.74) is 9.26. The summed E-state index contributed by atoms with van der Waals surface area (Å²) in [6.07, 6.45) is 1.79. The molecular formula is C18H22FN5. The average Bonchev–Trinajstić information content (AvgIpc) is 2.61. The van der Waals surface area contributed by atoms with Gasteiger partial charge in [0.2, 0.25) is 0 Å². The molecular weight excluding hydrogens is 305 g/mol. The molecule has 5 nitrogen and oxygen atoms in total. The Balaban J connectivity index is 1.55. The van der Waals surface area contributed by atoms with Gasteiger partial charge in [0.1, 0.15) is 5.82 Å². The van der Waals surface area contributed by atoms with Crippen LogP contribution in [-0.2, 0) is 6.54 Å². The van der Waals surface area contributed by atoms with E-state index in [9.17, 15) is 4.39 Å². The molecule has 1 aliphatic heterocycles. The molecule has 0 bridgehead atoms. The zero-order valence-corrected chi connectivity index (χ0v) is 13.8. The average molecular weight is 327 g/mol. The van der Waals surface area contributed by atoms with Gasteiger partial charge in [-0.05, 0) is 48.9 Å². The SMILES string of the molecule is Cc1cc(CN=C(N)N2CCN(c3ccc(F)cc3)CC2)ccn1. The molecule has 0 unspecified atom stereocenters. The second-order valence-corrected chi connectivity index (χ2v) is 5.93. The van der Waals surface area contributed by atoms with Crippen LogP contribution in [0.1, 0.15) is 11.3 Å². The van der Waals surface area contributed by atoms with Gasteiger partial charge in [0.05, 0.1) is 6.54 Å². The van der Waals surface area contributed by atoms with Gasteiger partial charge >= 0.3 is 0 Å². The Labute approximate surface area is 141 Å². The minimum Gasteiger partial charge on any atom is -0.370 e. The van der Waals surface area contributed by atoms with Gasteiger partial charge in [0.25, 0.3) is 0 Å². The molecule has 1 aliphatic rings. The Morgan fingerprint density at radius 1 is 1.17 bits per heavy atom. The lowest BCUT2D eigenvalue weighted by molar-refractivity contribution is 0.380. The van der Waals surface area contributed by atoms with Crippen LogP contribution in [0.3, 0.4) is 0 Å². The molecule has 0 aliphatic carbocycles. The topological polar surface area (TPSA) is 57.8 Å². The number of halogens is 1. The predicted molar refractivity (Wildman–Crippen MR) is 94.5 cm³/mol. The minimum absolute atomic E-state index is 0.208. The third-order valence-corrected chi connectivity index (χ3v) is 4.18. The van der Waals surface area contributed by atoms with E-state index in [0.29, 0.717) is 12.5 Å². The normalized spacial score (nSPS) is 15.7. The lowest BCUT2D eigenvalue weighted by Crippen LogP contribution is -2.51. The van der Waals surface area contributed by atoms with Gasteiger partial charge in [-0.15, -0.1) is 0 Å². The fraction of sp³-hybridized carbons (Fsp3) is 0.333. The van der Waals surface area contributed by atoms with Crippen LogP contribution < -0.4 is 10.6 Å². The summed E-state index contributed by atoms with van der Waals surface area (Å²) in [6.45, 7) is 5.83. The van der Waals surface area contributed by atoms with Crippen molar-refractivity contribution in [3.63, 3.8) is 0 Å². The summed E-state index contributed by atoms with van der Waals surface area (Å²) < 4.78 is 13.0. The number of guanidine groups is 1. The molecule has 0 amide bonds. The molecule has 2 N–H and O–H groups in total. The number of hydrogen-bond acceptors (Lipinski definition) is 3. The maximum absolute atomic E-state index is 13.0. The number of nitrogens with two attached hydrogens (primary N) is 1. The second kappa shape index (κ2) is 7.29. The Bertz CT molecular complexity index is 706. The number of pyridine rings is 1. The van der Waals surface area contributed by atoms with Crippen molar-refractivity contribution in [1.82, 2.24) is 9.88 Å². The van der Waals surface area contributed by atoms with E-state index in [4.69, 9.17) is 5.73 Å². The first-order valence-corrected chi connectivity index (χ1v) is 8.09. The molecule has 1 fully saturated rings. The van der Waals surface area contributed by atoms with E-state index in [0.717, 1.165) is 43.1 Å². The number of piperazine rings is 1. The molecule has 1 saturated heterocycles. The van der Waals surface area contributed by atoms with Crippen LogP contribution in [-0.4, -0.2) is 42.0 Å². The molecule has 1 aromatic heterocycles. The van der Waals surface area contributed by atoms with Crippen LogP contribution in [0.4, 0.5) is 10.1 Å². The van der Waals surface area contributed by atoms with Gasteiger partial charge in [0.15, 0.2) is 5.96 Å². The molecule has 0 radical (unpaired) electrons. The first-order chi connectivity index (χ1) is 11.6. The maximum atomic E-state index is 13.0. The number of nitrogens with zero attached hydrogens (tertiary/aromatic N) is 4. The highest BCUT2D eigenvalue weighted by molar-refractivity contribution is 5.78. The first kappa shape index (κ1) is 16.2. The summed E-state index contributed by atoms with van der Waals surface area (Å²) >= 11 is 0. The van der Waals surface area contributed by atoms with Crippen molar-refractivity contribution in [2.75, 3.05) is 31.1 Å². The van der Waals surface area contributed by atoms with Gasteiger partial charge in [-0.1, -0.05) is 0 Å². The van der Waals surface area contributed by atoms with E-state index in [1.165, 1.54) is 12.1 Å². The van der Waals surface area contributed by atoms with Crippen LogP contribution in [0.15, 0.2) is 47.6 Å². The molecule has 3 rings (SSSR count). The highest BCUT2D eigenvalue weighted by atomic mass is 19.1. The minimum atomic E-state index is -0.208. The summed E-state index contributed by atoms with van der Waals surface area (Å²) in [5.74, 6) is 0.364. The number of aryl methyl sites for hydroxylation is 1. The first-order valence-electron chi connectivity index (χ1n) is 8.09. The maximum Gasteiger partial charge on any atom is 0.191 e. The van der Waals surface area contributed by atoms with Gasteiger partial charge in [-0.2, -0.15) is 0 Å². The molecule has 24 heavy (non-hydrogen) atoms. The van der Waals surface area contributed by atoms with E-state index < -0.39 is 0 Å². The number of aromatic nitrogens is 1. The van der Waals surface area contributed by atoms with Crippen molar-refractivity contribution in [2.24, 2.45) is 10.7 Å². The van der Waals surface area contributed by atoms with Crippen molar-refractivity contribution in [3.05, 3.63) is 59.7 Å². The monoisotopic (exact) mass is 327 g/mol. The number of rotatable bonds is 3. The van der Waals surface area contributed by atoms with E-state index in [1.54, 1.807) is 6.20 Å². The lowest BCUT2D eigenvalue weighted by atomic mass is 10.2. The van der Waals surface area contributed by atoms with Gasteiger partial charge in [0, 0.05) is 43.8 Å².